The van der Waals surface area contributed by atoms with E-state index in [0.29, 0.717) is 11.5 Å². The Hall–Kier alpha value is -2.35. The first kappa shape index (κ1) is 13.1. The van der Waals surface area contributed by atoms with Crippen LogP contribution in [0.5, 0.6) is 0 Å². The van der Waals surface area contributed by atoms with Crippen molar-refractivity contribution in [3.05, 3.63) is 35.9 Å². The van der Waals surface area contributed by atoms with Gasteiger partial charge in [0.15, 0.2) is 5.71 Å². The summed E-state index contributed by atoms with van der Waals surface area (Å²) < 4.78 is 5.03. The van der Waals surface area contributed by atoms with Crippen LogP contribution in [0.1, 0.15) is 25.3 Å². The van der Waals surface area contributed by atoms with Crippen molar-refractivity contribution in [3.63, 3.8) is 0 Å². The Kier molecular flexibility index (Phi) is 4.14. The summed E-state index contributed by atoms with van der Waals surface area (Å²) in [6.45, 7) is 1.82. The monoisotopic (exact) mass is 258 g/mol. The summed E-state index contributed by atoms with van der Waals surface area (Å²) in [7, 11) is 0. The molecule has 1 fully saturated rings. The maximum absolute atomic E-state index is 11.4. The molecule has 0 spiro atoms. The minimum atomic E-state index is -0.872. The molecule has 0 bridgehead atoms. The second-order valence-electron chi connectivity index (χ2n) is 4.42. The van der Waals surface area contributed by atoms with Gasteiger partial charge in [-0.15, -0.1) is 0 Å². The first-order valence-electron chi connectivity index (χ1n) is 6.12. The van der Waals surface area contributed by atoms with E-state index in [9.17, 15) is 4.79 Å². The molecule has 1 aliphatic carbocycles. The number of nitrogens with zero attached hydrogens (tertiary/aromatic N) is 2. The highest BCUT2D eigenvalue weighted by Gasteiger charge is 2.31. The van der Waals surface area contributed by atoms with Crippen molar-refractivity contribution in [2.45, 2.75) is 25.9 Å². The van der Waals surface area contributed by atoms with E-state index in [4.69, 9.17) is 10.00 Å². The third kappa shape index (κ3) is 3.81. The van der Waals surface area contributed by atoms with Gasteiger partial charge in [-0.3, -0.25) is 4.84 Å². The lowest BCUT2D eigenvalue weighted by molar-refractivity contribution is 0.0240. The van der Waals surface area contributed by atoms with Crippen molar-refractivity contribution in [1.29, 1.82) is 5.26 Å². The first-order chi connectivity index (χ1) is 9.20. The summed E-state index contributed by atoms with van der Waals surface area (Å²) in [5, 5.41) is 12.5. The third-order valence-electron chi connectivity index (χ3n) is 2.93. The lowest BCUT2D eigenvalue weighted by Crippen LogP contribution is -2.16. The molecule has 0 radical (unpaired) electrons. The Morgan fingerprint density at radius 3 is 2.68 bits per heavy atom. The van der Waals surface area contributed by atoms with Crippen LogP contribution in [0.25, 0.3) is 0 Å². The molecule has 19 heavy (non-hydrogen) atoms. The van der Waals surface area contributed by atoms with E-state index in [1.807, 2.05) is 19.1 Å². The van der Waals surface area contributed by atoms with Crippen LogP contribution in [0, 0.1) is 17.2 Å². The van der Waals surface area contributed by atoms with Crippen molar-refractivity contribution in [1.82, 2.24) is 0 Å². The summed E-state index contributed by atoms with van der Waals surface area (Å²) in [4.78, 5) is 16.0. The molecular weight excluding hydrogens is 244 g/mol. The molecule has 1 saturated carbocycles. The maximum Gasteiger partial charge on any atom is 0.535 e. The van der Waals surface area contributed by atoms with Crippen LogP contribution in [-0.2, 0) is 9.57 Å². The Morgan fingerprint density at radius 1 is 1.42 bits per heavy atom. The van der Waals surface area contributed by atoms with Crippen LogP contribution in [0.15, 0.2) is 35.5 Å². The van der Waals surface area contributed by atoms with Gasteiger partial charge in [0.1, 0.15) is 12.2 Å². The van der Waals surface area contributed by atoms with Gasteiger partial charge < -0.3 is 4.74 Å². The molecule has 5 heteroatoms. The lowest BCUT2D eigenvalue weighted by Gasteiger charge is -2.09. The molecule has 1 atom stereocenters. The summed E-state index contributed by atoms with van der Waals surface area (Å²) in [5.74, 6) is 0.432. The van der Waals surface area contributed by atoms with Gasteiger partial charge in [-0.05, 0) is 25.7 Å². The SMILES string of the molecule is CC(OC(=O)ON=C(C#N)c1ccccc1)C1CC1. The zero-order valence-electron chi connectivity index (χ0n) is 10.6. The highest BCUT2D eigenvalue weighted by molar-refractivity contribution is 6.11. The highest BCUT2D eigenvalue weighted by Crippen LogP contribution is 2.34. The summed E-state index contributed by atoms with van der Waals surface area (Å²) >= 11 is 0. The Morgan fingerprint density at radius 2 is 2.11 bits per heavy atom. The fraction of sp³-hybridized carbons (Fsp3) is 0.357. The molecule has 0 saturated heterocycles. The summed E-state index contributed by atoms with van der Waals surface area (Å²) in [6.07, 6.45) is 1.11. The second-order valence-corrected chi connectivity index (χ2v) is 4.42. The van der Waals surface area contributed by atoms with Crippen molar-refractivity contribution >= 4 is 11.9 Å². The van der Waals surface area contributed by atoms with E-state index < -0.39 is 6.16 Å². The lowest BCUT2D eigenvalue weighted by atomic mass is 10.1. The van der Waals surface area contributed by atoms with Crippen molar-refractivity contribution in [2.75, 3.05) is 0 Å². The maximum atomic E-state index is 11.4. The Labute approximate surface area is 111 Å². The van der Waals surface area contributed by atoms with E-state index in [-0.39, 0.29) is 11.8 Å². The molecule has 0 amide bonds. The third-order valence-corrected chi connectivity index (χ3v) is 2.93. The highest BCUT2D eigenvalue weighted by atomic mass is 16.8. The van der Waals surface area contributed by atoms with Crippen molar-refractivity contribution in [2.24, 2.45) is 11.1 Å². The normalized spacial score (nSPS) is 16.3. The van der Waals surface area contributed by atoms with E-state index in [2.05, 4.69) is 9.99 Å². The molecule has 1 aliphatic rings. The number of oxime groups is 1. The molecule has 0 aliphatic heterocycles. The number of carbonyl (C=O) groups is 1. The van der Waals surface area contributed by atoms with Gasteiger partial charge in [-0.1, -0.05) is 35.5 Å². The smallest absolute Gasteiger partial charge is 0.429 e. The van der Waals surface area contributed by atoms with Crippen LogP contribution < -0.4 is 0 Å². The quantitative estimate of drug-likeness (QED) is 0.360. The molecule has 0 heterocycles. The fourth-order valence-corrected chi connectivity index (χ4v) is 1.65. The number of benzene rings is 1. The van der Waals surface area contributed by atoms with E-state index >= 15 is 0 Å². The number of hydrogen-bond donors (Lipinski definition) is 0. The Balaban J connectivity index is 1.92. The number of rotatable bonds is 4. The van der Waals surface area contributed by atoms with Crippen LogP contribution in [0.3, 0.4) is 0 Å². The van der Waals surface area contributed by atoms with Crippen LogP contribution >= 0.6 is 0 Å². The Bertz CT molecular complexity index is 515. The van der Waals surface area contributed by atoms with E-state index in [1.165, 1.54) is 0 Å². The predicted molar refractivity (Wildman–Crippen MR) is 68.3 cm³/mol. The van der Waals surface area contributed by atoms with Gasteiger partial charge in [0, 0.05) is 5.56 Å². The summed E-state index contributed by atoms with van der Waals surface area (Å²) in [6, 6.07) is 10.7. The summed E-state index contributed by atoms with van der Waals surface area (Å²) in [5.41, 5.74) is 0.629. The van der Waals surface area contributed by atoms with Crippen LogP contribution in [0.2, 0.25) is 0 Å². The average Bonchev–Trinajstić information content (AvgIpc) is 3.25. The molecule has 98 valence electrons. The number of hydrogen-bond acceptors (Lipinski definition) is 5. The molecule has 0 N–H and O–H groups in total. The van der Waals surface area contributed by atoms with Gasteiger partial charge in [-0.2, -0.15) is 5.26 Å². The number of carbonyl (C=O) groups excluding carboxylic acids is 1. The molecule has 2 rings (SSSR count). The number of ether oxygens (including phenoxy) is 1. The fourth-order valence-electron chi connectivity index (χ4n) is 1.65. The zero-order chi connectivity index (χ0) is 13.7. The first-order valence-corrected chi connectivity index (χ1v) is 6.12. The molecular formula is C14H14N2O3. The standard InChI is InChI=1S/C14H14N2O3/c1-10(11-7-8-11)18-14(17)19-16-13(9-15)12-5-3-2-4-6-12/h2-6,10-11H,7-8H2,1H3. The van der Waals surface area contributed by atoms with E-state index in [1.54, 1.807) is 24.3 Å². The molecule has 1 aromatic rings. The number of nitriles is 1. The molecule has 1 aromatic carbocycles. The van der Waals surface area contributed by atoms with Crippen LogP contribution in [0.4, 0.5) is 4.79 Å². The largest absolute Gasteiger partial charge is 0.535 e. The van der Waals surface area contributed by atoms with E-state index in [0.717, 1.165) is 12.8 Å². The van der Waals surface area contributed by atoms with Crippen LogP contribution in [-0.4, -0.2) is 18.0 Å². The average molecular weight is 258 g/mol. The predicted octanol–water partition coefficient (Wildman–Crippen LogP) is 2.87. The minimum absolute atomic E-state index is 0.0385. The topological polar surface area (TPSA) is 71.7 Å². The molecule has 0 aromatic heterocycles. The van der Waals surface area contributed by atoms with Gasteiger partial charge >= 0.3 is 6.16 Å². The van der Waals surface area contributed by atoms with Crippen molar-refractivity contribution < 1.29 is 14.4 Å². The molecule has 5 nitrogen and oxygen atoms in total. The molecule has 1 unspecified atom stereocenters. The van der Waals surface area contributed by atoms with Gasteiger partial charge in [0.2, 0.25) is 0 Å². The van der Waals surface area contributed by atoms with Gasteiger partial charge in [0.25, 0.3) is 0 Å². The van der Waals surface area contributed by atoms with Gasteiger partial charge in [0.05, 0.1) is 0 Å². The minimum Gasteiger partial charge on any atom is -0.429 e. The second kappa shape index (κ2) is 6.01. The zero-order valence-corrected chi connectivity index (χ0v) is 10.6. The van der Waals surface area contributed by atoms with Gasteiger partial charge in [-0.25, -0.2) is 4.79 Å². The van der Waals surface area contributed by atoms with Crippen molar-refractivity contribution in [3.8, 4) is 6.07 Å².